The normalized spacial score (nSPS) is 20.5. The zero-order chi connectivity index (χ0) is 15.3. The molecule has 2 fully saturated rings. The fourth-order valence-electron chi connectivity index (χ4n) is 2.80. The number of piperidine rings is 1. The molecule has 2 rings (SSSR count). The number of amides is 2. The van der Waals surface area contributed by atoms with Crippen molar-refractivity contribution in [3.8, 4) is 0 Å². The van der Waals surface area contributed by atoms with Gasteiger partial charge in [-0.15, -0.1) is 6.58 Å². The maximum Gasteiger partial charge on any atom is 0.224 e. The van der Waals surface area contributed by atoms with E-state index in [-0.39, 0.29) is 11.8 Å². The van der Waals surface area contributed by atoms with E-state index in [0.29, 0.717) is 45.8 Å². The predicted octanol–water partition coefficient (Wildman–Crippen LogP) is 0.776. The van der Waals surface area contributed by atoms with E-state index in [2.05, 4.69) is 6.58 Å². The van der Waals surface area contributed by atoms with Gasteiger partial charge in [-0.05, 0) is 0 Å². The van der Waals surface area contributed by atoms with Gasteiger partial charge in [0.15, 0.2) is 5.79 Å². The van der Waals surface area contributed by atoms with E-state index < -0.39 is 5.79 Å². The van der Waals surface area contributed by atoms with Crippen molar-refractivity contribution in [2.45, 2.75) is 32.0 Å². The van der Waals surface area contributed by atoms with Crippen LogP contribution in [0.1, 0.15) is 26.2 Å². The first-order valence-corrected chi connectivity index (χ1v) is 7.48. The molecule has 2 aliphatic heterocycles. The lowest BCUT2D eigenvalue weighted by atomic mass is 10.0. The second-order valence-corrected chi connectivity index (χ2v) is 5.49. The molecule has 0 unspecified atom stereocenters. The van der Waals surface area contributed by atoms with Gasteiger partial charge in [-0.3, -0.25) is 9.59 Å². The summed E-state index contributed by atoms with van der Waals surface area (Å²) in [6.45, 7) is 8.64. The molecule has 2 heterocycles. The molecular formula is C15H24N2O4. The molecule has 2 saturated heterocycles. The number of nitrogens with zero attached hydrogens (tertiary/aromatic N) is 2. The summed E-state index contributed by atoms with van der Waals surface area (Å²) in [5.41, 5.74) is 0. The van der Waals surface area contributed by atoms with Crippen molar-refractivity contribution in [3.05, 3.63) is 12.7 Å². The van der Waals surface area contributed by atoms with Gasteiger partial charge in [-0.25, -0.2) is 0 Å². The third-order valence-corrected chi connectivity index (χ3v) is 4.08. The minimum atomic E-state index is -0.453. The monoisotopic (exact) mass is 296 g/mol. The molecule has 6 nitrogen and oxygen atoms in total. The van der Waals surface area contributed by atoms with Gasteiger partial charge in [0.05, 0.1) is 13.2 Å². The Balaban J connectivity index is 1.76. The number of hydrogen-bond donors (Lipinski definition) is 0. The minimum Gasteiger partial charge on any atom is -0.347 e. The Kier molecular flexibility index (Phi) is 5.36. The number of carbonyl (C=O) groups excluding carboxylic acids is 2. The summed E-state index contributed by atoms with van der Waals surface area (Å²) in [7, 11) is 0. The molecule has 0 saturated carbocycles. The average molecular weight is 296 g/mol. The van der Waals surface area contributed by atoms with Crippen LogP contribution in [0, 0.1) is 0 Å². The van der Waals surface area contributed by atoms with Gasteiger partial charge in [0.2, 0.25) is 11.8 Å². The Morgan fingerprint density at radius 2 is 1.90 bits per heavy atom. The number of rotatable bonds is 5. The van der Waals surface area contributed by atoms with Crippen LogP contribution in [0.2, 0.25) is 0 Å². The summed E-state index contributed by atoms with van der Waals surface area (Å²) in [6.07, 6.45) is 3.47. The molecule has 2 aliphatic rings. The van der Waals surface area contributed by atoms with Crippen LogP contribution in [0.4, 0.5) is 0 Å². The Hall–Kier alpha value is -1.40. The van der Waals surface area contributed by atoms with E-state index in [4.69, 9.17) is 9.47 Å². The standard InChI is InChI=1S/C15H24N2O4/c1-3-7-16(13(2)18)8-4-14(19)17-9-5-15(6-10-17)20-11-12-21-15/h3H,1,4-12H2,2H3. The van der Waals surface area contributed by atoms with Gasteiger partial charge in [0.1, 0.15) is 0 Å². The summed E-state index contributed by atoms with van der Waals surface area (Å²) in [5, 5.41) is 0. The molecule has 1 spiro atoms. The van der Waals surface area contributed by atoms with Crippen LogP contribution in [-0.4, -0.2) is 66.8 Å². The van der Waals surface area contributed by atoms with Gasteiger partial charge < -0.3 is 19.3 Å². The van der Waals surface area contributed by atoms with Crippen LogP contribution in [0.3, 0.4) is 0 Å². The van der Waals surface area contributed by atoms with Crippen LogP contribution >= 0.6 is 0 Å². The van der Waals surface area contributed by atoms with Crippen molar-refractivity contribution in [3.63, 3.8) is 0 Å². The fourth-order valence-corrected chi connectivity index (χ4v) is 2.80. The summed E-state index contributed by atoms with van der Waals surface area (Å²) in [5.74, 6) is -0.406. The van der Waals surface area contributed by atoms with Gasteiger partial charge in [0, 0.05) is 52.4 Å². The van der Waals surface area contributed by atoms with Gasteiger partial charge >= 0.3 is 0 Å². The molecule has 0 aliphatic carbocycles. The fraction of sp³-hybridized carbons (Fsp3) is 0.733. The SMILES string of the molecule is C=CCN(CCC(=O)N1CCC2(CC1)OCCO2)C(C)=O. The predicted molar refractivity (Wildman–Crippen MR) is 77.5 cm³/mol. The van der Waals surface area contributed by atoms with E-state index >= 15 is 0 Å². The first-order chi connectivity index (χ1) is 10.1. The van der Waals surface area contributed by atoms with Crippen molar-refractivity contribution in [1.82, 2.24) is 9.80 Å². The molecule has 0 aromatic heterocycles. The number of hydrogen-bond acceptors (Lipinski definition) is 4. The molecule has 118 valence electrons. The maximum atomic E-state index is 12.2. The van der Waals surface area contributed by atoms with Crippen LogP contribution in [0.5, 0.6) is 0 Å². The second-order valence-electron chi connectivity index (χ2n) is 5.49. The topological polar surface area (TPSA) is 59.1 Å². The summed E-state index contributed by atoms with van der Waals surface area (Å²) in [6, 6.07) is 0. The third-order valence-electron chi connectivity index (χ3n) is 4.08. The first kappa shape index (κ1) is 16.0. The molecule has 6 heteroatoms. The highest BCUT2D eigenvalue weighted by Gasteiger charge is 2.40. The molecule has 0 bridgehead atoms. The summed E-state index contributed by atoms with van der Waals surface area (Å²) < 4.78 is 11.3. The molecule has 0 atom stereocenters. The minimum absolute atomic E-state index is 0.0342. The molecular weight excluding hydrogens is 272 g/mol. The van der Waals surface area contributed by atoms with E-state index in [1.807, 2.05) is 4.90 Å². The first-order valence-electron chi connectivity index (χ1n) is 7.48. The molecule has 0 N–H and O–H groups in total. The summed E-state index contributed by atoms with van der Waals surface area (Å²) >= 11 is 0. The summed E-state index contributed by atoms with van der Waals surface area (Å²) in [4.78, 5) is 27.1. The van der Waals surface area contributed by atoms with E-state index in [1.54, 1.807) is 11.0 Å². The van der Waals surface area contributed by atoms with E-state index in [1.165, 1.54) is 6.92 Å². The Labute approximate surface area is 125 Å². The molecule has 21 heavy (non-hydrogen) atoms. The van der Waals surface area contributed by atoms with E-state index in [0.717, 1.165) is 12.8 Å². The number of carbonyl (C=O) groups is 2. The van der Waals surface area contributed by atoms with Crippen LogP contribution < -0.4 is 0 Å². The van der Waals surface area contributed by atoms with Crippen LogP contribution in [-0.2, 0) is 19.1 Å². The Morgan fingerprint density at radius 1 is 1.29 bits per heavy atom. The molecule has 2 amide bonds. The lowest BCUT2D eigenvalue weighted by Gasteiger charge is -2.37. The maximum absolute atomic E-state index is 12.2. The lowest BCUT2D eigenvalue weighted by Crippen LogP contribution is -2.48. The Bertz CT molecular complexity index is 394. The Morgan fingerprint density at radius 3 is 2.43 bits per heavy atom. The van der Waals surface area contributed by atoms with Crippen molar-refractivity contribution in [1.29, 1.82) is 0 Å². The highest BCUT2D eigenvalue weighted by Crippen LogP contribution is 2.31. The second kappa shape index (κ2) is 7.04. The van der Waals surface area contributed by atoms with Crippen LogP contribution in [0.15, 0.2) is 12.7 Å². The highest BCUT2D eigenvalue weighted by molar-refractivity contribution is 5.78. The zero-order valence-electron chi connectivity index (χ0n) is 12.7. The zero-order valence-corrected chi connectivity index (χ0v) is 12.7. The average Bonchev–Trinajstić information content (AvgIpc) is 2.92. The van der Waals surface area contributed by atoms with Crippen molar-refractivity contribution in [2.75, 3.05) is 39.4 Å². The molecule has 0 aromatic carbocycles. The van der Waals surface area contributed by atoms with Crippen LogP contribution in [0.25, 0.3) is 0 Å². The third kappa shape index (κ3) is 4.04. The highest BCUT2D eigenvalue weighted by atomic mass is 16.7. The van der Waals surface area contributed by atoms with Crippen molar-refractivity contribution < 1.29 is 19.1 Å². The van der Waals surface area contributed by atoms with Gasteiger partial charge in [-0.1, -0.05) is 6.08 Å². The van der Waals surface area contributed by atoms with Gasteiger partial charge in [-0.2, -0.15) is 0 Å². The smallest absolute Gasteiger partial charge is 0.224 e. The van der Waals surface area contributed by atoms with E-state index in [9.17, 15) is 9.59 Å². The molecule has 0 aromatic rings. The molecule has 0 radical (unpaired) electrons. The van der Waals surface area contributed by atoms with Crippen molar-refractivity contribution >= 4 is 11.8 Å². The number of likely N-dealkylation sites (tertiary alicyclic amines) is 1. The largest absolute Gasteiger partial charge is 0.347 e. The number of ether oxygens (including phenoxy) is 2. The van der Waals surface area contributed by atoms with Gasteiger partial charge in [0.25, 0.3) is 0 Å². The quantitative estimate of drug-likeness (QED) is 0.703. The van der Waals surface area contributed by atoms with Crippen molar-refractivity contribution in [2.24, 2.45) is 0 Å². The lowest BCUT2D eigenvalue weighted by molar-refractivity contribution is -0.187.